The van der Waals surface area contributed by atoms with E-state index in [0.29, 0.717) is 0 Å². The number of hydrogen-bond acceptors (Lipinski definition) is 3. The van der Waals surface area contributed by atoms with E-state index in [4.69, 9.17) is 0 Å². The monoisotopic (exact) mass is 219 g/mol. The Balaban J connectivity index is 2.46. The van der Waals surface area contributed by atoms with Crippen LogP contribution in [-0.4, -0.2) is 9.97 Å². The van der Waals surface area contributed by atoms with Crippen molar-refractivity contribution in [2.45, 2.75) is 0 Å². The standard InChI is InChI=1S/C11H8FN2S/c1-8(12)6-11-9(2-5-15-11)10-7-13-3-4-14-10/h2-7H,1H2/b8-6-. The van der Waals surface area contributed by atoms with Gasteiger partial charge in [-0.05, 0) is 17.5 Å². The van der Waals surface area contributed by atoms with Crippen molar-refractivity contribution in [2.75, 3.05) is 0 Å². The second-order valence-electron chi connectivity index (χ2n) is 2.88. The molecule has 2 rings (SSSR count). The van der Waals surface area contributed by atoms with E-state index in [1.54, 1.807) is 18.6 Å². The summed E-state index contributed by atoms with van der Waals surface area (Å²) in [5.74, 6) is -0.456. The van der Waals surface area contributed by atoms with Crippen LogP contribution in [0, 0.1) is 6.92 Å². The van der Waals surface area contributed by atoms with Crippen molar-refractivity contribution in [3.8, 4) is 11.3 Å². The fourth-order valence-electron chi connectivity index (χ4n) is 1.22. The number of nitrogens with zero attached hydrogens (tertiary/aromatic N) is 2. The maximum Gasteiger partial charge on any atom is 0.102 e. The first-order chi connectivity index (χ1) is 7.27. The molecule has 0 bridgehead atoms. The molecule has 1 radical (unpaired) electrons. The molecule has 0 aromatic carbocycles. The predicted octanol–water partition coefficient (Wildman–Crippen LogP) is 3.35. The summed E-state index contributed by atoms with van der Waals surface area (Å²) in [6.07, 6.45) is 6.27. The van der Waals surface area contributed by atoms with E-state index in [2.05, 4.69) is 16.9 Å². The van der Waals surface area contributed by atoms with Gasteiger partial charge < -0.3 is 0 Å². The maximum atomic E-state index is 12.7. The summed E-state index contributed by atoms with van der Waals surface area (Å²) in [5.41, 5.74) is 1.62. The third-order valence-electron chi connectivity index (χ3n) is 1.82. The van der Waals surface area contributed by atoms with Crippen LogP contribution in [0.3, 0.4) is 0 Å². The van der Waals surface area contributed by atoms with E-state index in [-0.39, 0.29) is 0 Å². The molecule has 15 heavy (non-hydrogen) atoms. The summed E-state index contributed by atoms with van der Waals surface area (Å²) in [5, 5.41) is 1.89. The van der Waals surface area contributed by atoms with Gasteiger partial charge in [-0.1, -0.05) is 0 Å². The van der Waals surface area contributed by atoms with Crippen molar-refractivity contribution >= 4 is 17.4 Å². The van der Waals surface area contributed by atoms with Crippen LogP contribution in [0.4, 0.5) is 4.39 Å². The average molecular weight is 219 g/mol. The van der Waals surface area contributed by atoms with Crippen LogP contribution < -0.4 is 0 Å². The van der Waals surface area contributed by atoms with Gasteiger partial charge in [0.05, 0.1) is 11.9 Å². The van der Waals surface area contributed by atoms with Crippen molar-refractivity contribution in [1.29, 1.82) is 0 Å². The zero-order chi connectivity index (χ0) is 10.7. The molecule has 0 unspecified atom stereocenters. The highest BCUT2D eigenvalue weighted by atomic mass is 32.1. The second kappa shape index (κ2) is 4.31. The number of halogens is 1. The van der Waals surface area contributed by atoms with Gasteiger partial charge in [-0.3, -0.25) is 9.97 Å². The molecule has 2 nitrogen and oxygen atoms in total. The molecular formula is C11H8FN2S. The number of hydrogen-bond donors (Lipinski definition) is 0. The highest BCUT2D eigenvalue weighted by molar-refractivity contribution is 7.11. The molecule has 0 aliphatic rings. The minimum atomic E-state index is -0.456. The fourth-order valence-corrected chi connectivity index (χ4v) is 2.07. The highest BCUT2D eigenvalue weighted by Gasteiger charge is 2.06. The number of allylic oxidation sites excluding steroid dienone is 1. The molecule has 0 amide bonds. The molecule has 75 valence electrons. The smallest absolute Gasteiger partial charge is 0.102 e. The van der Waals surface area contributed by atoms with Gasteiger partial charge in [-0.2, -0.15) is 0 Å². The molecule has 0 spiro atoms. The lowest BCUT2D eigenvalue weighted by Crippen LogP contribution is -1.83. The predicted molar refractivity (Wildman–Crippen MR) is 59.8 cm³/mol. The Bertz CT molecular complexity index is 472. The fraction of sp³-hybridized carbons (Fsp3) is 0. The second-order valence-corrected chi connectivity index (χ2v) is 3.83. The van der Waals surface area contributed by atoms with Crippen molar-refractivity contribution < 1.29 is 4.39 Å². The van der Waals surface area contributed by atoms with E-state index in [9.17, 15) is 4.39 Å². The van der Waals surface area contributed by atoms with E-state index >= 15 is 0 Å². The Kier molecular flexibility index (Phi) is 2.87. The molecule has 0 saturated carbocycles. The van der Waals surface area contributed by atoms with Crippen molar-refractivity contribution in [2.24, 2.45) is 0 Å². The summed E-state index contributed by atoms with van der Waals surface area (Å²) < 4.78 is 12.7. The summed E-state index contributed by atoms with van der Waals surface area (Å²) in [6, 6.07) is 1.89. The van der Waals surface area contributed by atoms with Gasteiger partial charge in [0.1, 0.15) is 5.83 Å². The normalized spacial score (nSPS) is 11.7. The minimum absolute atomic E-state index is 0.456. The summed E-state index contributed by atoms with van der Waals surface area (Å²) in [4.78, 5) is 8.94. The maximum absolute atomic E-state index is 12.7. The van der Waals surface area contributed by atoms with Gasteiger partial charge in [0.25, 0.3) is 0 Å². The lowest BCUT2D eigenvalue weighted by molar-refractivity contribution is 0.673. The van der Waals surface area contributed by atoms with Gasteiger partial charge in [-0.25, -0.2) is 4.39 Å². The zero-order valence-electron chi connectivity index (χ0n) is 7.85. The summed E-state index contributed by atoms with van der Waals surface area (Å²) in [6.45, 7) is 3.21. The van der Waals surface area contributed by atoms with Gasteiger partial charge >= 0.3 is 0 Å². The molecule has 0 saturated heterocycles. The van der Waals surface area contributed by atoms with Gasteiger partial charge in [0.15, 0.2) is 0 Å². The van der Waals surface area contributed by atoms with E-state index < -0.39 is 5.83 Å². The van der Waals surface area contributed by atoms with Crippen LogP contribution in [0.5, 0.6) is 0 Å². The molecule has 2 aromatic rings. The van der Waals surface area contributed by atoms with Gasteiger partial charge in [-0.15, -0.1) is 11.3 Å². The van der Waals surface area contributed by atoms with Gasteiger partial charge in [0, 0.05) is 29.8 Å². The Hall–Kier alpha value is -1.55. The molecule has 0 fully saturated rings. The molecule has 2 aromatic heterocycles. The van der Waals surface area contributed by atoms with E-state index in [1.165, 1.54) is 17.4 Å². The van der Waals surface area contributed by atoms with E-state index in [1.807, 2.05) is 11.4 Å². The summed E-state index contributed by atoms with van der Waals surface area (Å²) >= 11 is 1.45. The first kappa shape index (κ1) is 9.98. The average Bonchev–Trinajstić information content (AvgIpc) is 2.66. The number of rotatable bonds is 2. The third kappa shape index (κ3) is 2.27. The third-order valence-corrected chi connectivity index (χ3v) is 2.69. The van der Waals surface area contributed by atoms with Crippen molar-refractivity contribution in [1.82, 2.24) is 9.97 Å². The van der Waals surface area contributed by atoms with Crippen LogP contribution in [-0.2, 0) is 0 Å². The first-order valence-corrected chi connectivity index (χ1v) is 5.18. The topological polar surface area (TPSA) is 25.8 Å². The van der Waals surface area contributed by atoms with Crippen LogP contribution in [0.1, 0.15) is 4.88 Å². The first-order valence-electron chi connectivity index (χ1n) is 4.30. The van der Waals surface area contributed by atoms with Crippen LogP contribution in [0.2, 0.25) is 0 Å². The van der Waals surface area contributed by atoms with E-state index in [0.717, 1.165) is 16.1 Å². The van der Waals surface area contributed by atoms with Gasteiger partial charge in [0.2, 0.25) is 0 Å². The van der Waals surface area contributed by atoms with Crippen LogP contribution in [0.15, 0.2) is 35.9 Å². The molecule has 0 aliphatic carbocycles. The van der Waals surface area contributed by atoms with Crippen LogP contribution >= 0.6 is 11.3 Å². The quantitative estimate of drug-likeness (QED) is 0.774. The SMILES string of the molecule is [CH2]/C(F)=C/c1sccc1-c1cnccn1. The molecule has 0 aliphatic heterocycles. The molecule has 0 atom stereocenters. The lowest BCUT2D eigenvalue weighted by atomic mass is 10.2. The Morgan fingerprint density at radius 3 is 3.00 bits per heavy atom. The lowest BCUT2D eigenvalue weighted by Gasteiger charge is -1.97. The molecule has 0 N–H and O–H groups in total. The van der Waals surface area contributed by atoms with Crippen molar-refractivity contribution in [3.63, 3.8) is 0 Å². The van der Waals surface area contributed by atoms with Crippen LogP contribution in [0.25, 0.3) is 17.3 Å². The highest BCUT2D eigenvalue weighted by Crippen LogP contribution is 2.28. The Morgan fingerprint density at radius 1 is 1.47 bits per heavy atom. The zero-order valence-corrected chi connectivity index (χ0v) is 8.67. The molecule has 4 heteroatoms. The number of thiophene rings is 1. The Morgan fingerprint density at radius 2 is 2.33 bits per heavy atom. The van der Waals surface area contributed by atoms with Crippen molar-refractivity contribution in [3.05, 3.63) is 47.7 Å². The summed E-state index contributed by atoms with van der Waals surface area (Å²) in [7, 11) is 0. The number of aromatic nitrogens is 2. The Labute approximate surface area is 91.1 Å². The molecular weight excluding hydrogens is 211 g/mol. The molecule has 2 heterocycles. The minimum Gasteiger partial charge on any atom is -0.261 e. The largest absolute Gasteiger partial charge is 0.261 e.